The van der Waals surface area contributed by atoms with Gasteiger partial charge in [0.15, 0.2) is 5.69 Å². The van der Waals surface area contributed by atoms with Crippen LogP contribution in [-0.4, -0.2) is 45.9 Å². The van der Waals surface area contributed by atoms with Crippen LogP contribution in [0.15, 0.2) is 24.3 Å². The monoisotopic (exact) mass is 383 g/mol. The normalized spacial score (nSPS) is 24.5. The number of nitrogens with zero attached hydrogens (tertiary/aromatic N) is 3. The molecule has 1 saturated carbocycles. The van der Waals surface area contributed by atoms with Gasteiger partial charge in [0.1, 0.15) is 5.82 Å². The summed E-state index contributed by atoms with van der Waals surface area (Å²) < 4.78 is 21.2. The minimum Gasteiger partial charge on any atom is -0.374 e. The van der Waals surface area contributed by atoms with Gasteiger partial charge in [0.25, 0.3) is 5.91 Å². The van der Waals surface area contributed by atoms with Crippen molar-refractivity contribution in [1.29, 1.82) is 0 Å². The lowest BCUT2D eigenvalue weighted by molar-refractivity contribution is -0.0754. The SMILES string of the molecule is O=C(c1nn(-c2ccc(F)cc2)c2c1CCCC2)N1CCOC2CCCCC21. The summed E-state index contributed by atoms with van der Waals surface area (Å²) in [6, 6.07) is 6.53. The molecule has 0 spiro atoms. The first-order chi connectivity index (χ1) is 13.7. The van der Waals surface area contributed by atoms with Crippen molar-refractivity contribution >= 4 is 5.91 Å². The van der Waals surface area contributed by atoms with Crippen LogP contribution >= 0.6 is 0 Å². The van der Waals surface area contributed by atoms with Gasteiger partial charge in [0.2, 0.25) is 0 Å². The zero-order valence-corrected chi connectivity index (χ0v) is 16.1. The fraction of sp³-hybridized carbons (Fsp3) is 0.545. The second kappa shape index (κ2) is 7.32. The van der Waals surface area contributed by atoms with Crippen LogP contribution in [0.25, 0.3) is 5.69 Å². The van der Waals surface area contributed by atoms with E-state index in [1.165, 1.54) is 18.6 Å². The third-order valence-corrected chi connectivity index (χ3v) is 6.45. The Kier molecular flexibility index (Phi) is 4.67. The Morgan fingerprint density at radius 1 is 1.07 bits per heavy atom. The first kappa shape index (κ1) is 17.9. The first-order valence-corrected chi connectivity index (χ1v) is 10.5. The fourth-order valence-corrected chi connectivity index (χ4v) is 5.05. The van der Waals surface area contributed by atoms with Crippen molar-refractivity contribution < 1.29 is 13.9 Å². The molecule has 0 radical (unpaired) electrons. The smallest absolute Gasteiger partial charge is 0.275 e. The van der Waals surface area contributed by atoms with E-state index in [0.717, 1.165) is 61.9 Å². The molecule has 1 aromatic carbocycles. The molecule has 1 saturated heterocycles. The molecule has 2 aromatic rings. The Hall–Kier alpha value is -2.21. The van der Waals surface area contributed by atoms with Crippen LogP contribution in [0.4, 0.5) is 4.39 Å². The van der Waals surface area contributed by atoms with E-state index in [-0.39, 0.29) is 23.9 Å². The van der Waals surface area contributed by atoms with E-state index in [4.69, 9.17) is 9.84 Å². The summed E-state index contributed by atoms with van der Waals surface area (Å²) in [7, 11) is 0. The number of carbonyl (C=O) groups excluding carboxylic acids is 1. The van der Waals surface area contributed by atoms with Gasteiger partial charge in [-0.15, -0.1) is 0 Å². The number of fused-ring (bicyclic) bond motifs is 2. The number of hydrogen-bond donors (Lipinski definition) is 0. The molecule has 2 unspecified atom stereocenters. The number of ether oxygens (including phenoxy) is 1. The third kappa shape index (κ3) is 3.04. The Bertz CT molecular complexity index is 875. The predicted molar refractivity (Wildman–Crippen MR) is 103 cm³/mol. The van der Waals surface area contributed by atoms with Crippen molar-refractivity contribution in [1.82, 2.24) is 14.7 Å². The number of hydrogen-bond acceptors (Lipinski definition) is 3. The summed E-state index contributed by atoms with van der Waals surface area (Å²) in [5.41, 5.74) is 3.59. The standard InChI is InChI=1S/C22H26FN3O2/c23-15-9-11-16(12-10-15)26-18-6-2-1-5-17(18)21(24-26)22(27)25-13-14-28-20-8-4-3-7-19(20)25/h9-12,19-20H,1-8,13-14H2. The molecule has 28 heavy (non-hydrogen) atoms. The molecule has 1 aromatic heterocycles. The highest BCUT2D eigenvalue weighted by molar-refractivity contribution is 5.94. The minimum absolute atomic E-state index is 0.0409. The fourth-order valence-electron chi connectivity index (χ4n) is 5.05. The van der Waals surface area contributed by atoms with Gasteiger partial charge in [-0.2, -0.15) is 5.10 Å². The number of carbonyl (C=O) groups is 1. The van der Waals surface area contributed by atoms with Crippen molar-refractivity contribution in [3.8, 4) is 5.69 Å². The molecule has 1 amide bonds. The lowest BCUT2D eigenvalue weighted by Gasteiger charge is -2.43. The van der Waals surface area contributed by atoms with Gasteiger partial charge in [-0.05, 0) is 62.8 Å². The van der Waals surface area contributed by atoms with Gasteiger partial charge < -0.3 is 9.64 Å². The molecule has 2 fully saturated rings. The lowest BCUT2D eigenvalue weighted by Crippen LogP contribution is -2.55. The molecule has 5 nitrogen and oxygen atoms in total. The van der Waals surface area contributed by atoms with Gasteiger partial charge in [-0.3, -0.25) is 4.79 Å². The summed E-state index contributed by atoms with van der Waals surface area (Å²) in [6.07, 6.45) is 8.51. The van der Waals surface area contributed by atoms with Gasteiger partial charge in [-0.1, -0.05) is 12.8 Å². The average molecular weight is 383 g/mol. The van der Waals surface area contributed by atoms with Gasteiger partial charge in [0, 0.05) is 17.8 Å². The summed E-state index contributed by atoms with van der Waals surface area (Å²) >= 11 is 0. The first-order valence-electron chi connectivity index (χ1n) is 10.5. The van der Waals surface area contributed by atoms with Crippen molar-refractivity contribution in [3.05, 3.63) is 47.0 Å². The molecule has 5 rings (SSSR count). The molecule has 0 bridgehead atoms. The number of rotatable bonds is 2. The van der Waals surface area contributed by atoms with Crippen LogP contribution in [0.2, 0.25) is 0 Å². The Balaban J connectivity index is 1.52. The highest BCUT2D eigenvalue weighted by Gasteiger charge is 2.39. The summed E-state index contributed by atoms with van der Waals surface area (Å²) in [5.74, 6) is -0.225. The third-order valence-electron chi connectivity index (χ3n) is 6.45. The molecule has 148 valence electrons. The van der Waals surface area contributed by atoms with E-state index < -0.39 is 0 Å². The van der Waals surface area contributed by atoms with Crippen LogP contribution in [0.5, 0.6) is 0 Å². The van der Waals surface area contributed by atoms with Crippen LogP contribution < -0.4 is 0 Å². The van der Waals surface area contributed by atoms with Crippen molar-refractivity contribution in [2.75, 3.05) is 13.2 Å². The Morgan fingerprint density at radius 3 is 2.71 bits per heavy atom. The van der Waals surface area contributed by atoms with Crippen molar-refractivity contribution in [3.63, 3.8) is 0 Å². The lowest BCUT2D eigenvalue weighted by atomic mass is 9.89. The minimum atomic E-state index is -0.266. The van der Waals surface area contributed by atoms with Gasteiger partial charge >= 0.3 is 0 Å². The molecule has 2 atom stereocenters. The molecule has 2 heterocycles. The Morgan fingerprint density at radius 2 is 1.86 bits per heavy atom. The van der Waals surface area contributed by atoms with Crippen molar-refractivity contribution in [2.45, 2.75) is 63.5 Å². The summed E-state index contributed by atoms with van der Waals surface area (Å²) in [6.45, 7) is 1.24. The van der Waals surface area contributed by atoms with E-state index >= 15 is 0 Å². The molecule has 6 heteroatoms. The van der Waals surface area contributed by atoms with E-state index in [2.05, 4.69) is 0 Å². The zero-order valence-electron chi connectivity index (χ0n) is 16.1. The number of benzene rings is 1. The largest absolute Gasteiger partial charge is 0.374 e. The predicted octanol–water partition coefficient (Wildman–Crippen LogP) is 3.67. The second-order valence-electron chi connectivity index (χ2n) is 8.13. The molecule has 1 aliphatic heterocycles. The molecule has 3 aliphatic rings. The van der Waals surface area contributed by atoms with Crippen LogP contribution in [0, 0.1) is 5.82 Å². The topological polar surface area (TPSA) is 47.4 Å². The number of amides is 1. The maximum Gasteiger partial charge on any atom is 0.275 e. The molecular weight excluding hydrogens is 357 g/mol. The number of halogens is 1. The second-order valence-corrected chi connectivity index (χ2v) is 8.13. The van der Waals surface area contributed by atoms with Gasteiger partial charge in [0.05, 0.1) is 24.4 Å². The highest BCUT2D eigenvalue weighted by Crippen LogP contribution is 2.32. The quantitative estimate of drug-likeness (QED) is 0.795. The highest BCUT2D eigenvalue weighted by atomic mass is 19.1. The molecular formula is C22H26FN3O2. The molecule has 2 aliphatic carbocycles. The van der Waals surface area contributed by atoms with E-state index in [0.29, 0.717) is 18.8 Å². The van der Waals surface area contributed by atoms with E-state index in [9.17, 15) is 9.18 Å². The van der Waals surface area contributed by atoms with E-state index in [1.807, 2.05) is 9.58 Å². The number of aromatic nitrogens is 2. The van der Waals surface area contributed by atoms with Crippen LogP contribution in [-0.2, 0) is 17.6 Å². The van der Waals surface area contributed by atoms with Gasteiger partial charge in [-0.25, -0.2) is 9.07 Å². The summed E-state index contributed by atoms with van der Waals surface area (Å²) in [4.78, 5) is 15.6. The maximum absolute atomic E-state index is 13.6. The Labute approximate surface area is 164 Å². The summed E-state index contributed by atoms with van der Waals surface area (Å²) in [5, 5.41) is 4.77. The maximum atomic E-state index is 13.6. The zero-order chi connectivity index (χ0) is 19.1. The van der Waals surface area contributed by atoms with Crippen LogP contribution in [0.3, 0.4) is 0 Å². The number of morpholine rings is 1. The molecule has 0 N–H and O–H groups in total. The van der Waals surface area contributed by atoms with Crippen molar-refractivity contribution in [2.24, 2.45) is 0 Å². The van der Waals surface area contributed by atoms with E-state index in [1.54, 1.807) is 12.1 Å². The average Bonchev–Trinajstić information content (AvgIpc) is 3.13. The van der Waals surface area contributed by atoms with Crippen LogP contribution in [0.1, 0.15) is 60.3 Å².